The van der Waals surface area contributed by atoms with Gasteiger partial charge in [0, 0.05) is 25.6 Å². The van der Waals surface area contributed by atoms with Gasteiger partial charge in [0.15, 0.2) is 0 Å². The molecule has 5 heteroatoms. The zero-order valence-electron chi connectivity index (χ0n) is 8.29. The number of hydrogen-bond donors (Lipinski definition) is 1. The second-order valence-electron chi connectivity index (χ2n) is 3.36. The zero-order valence-corrected chi connectivity index (χ0v) is 8.29. The van der Waals surface area contributed by atoms with Crippen LogP contribution in [0.15, 0.2) is 30.7 Å². The van der Waals surface area contributed by atoms with Gasteiger partial charge in [0.1, 0.15) is 0 Å². The topological polar surface area (TPSA) is 60.0 Å². The highest BCUT2D eigenvalue weighted by atomic mass is 16.4. The first-order valence-corrected chi connectivity index (χ1v) is 4.53. The van der Waals surface area contributed by atoms with E-state index in [-0.39, 0.29) is 0 Å². The fourth-order valence-electron chi connectivity index (χ4n) is 1.40. The molecule has 0 spiro atoms. The number of nitrogens with zero attached hydrogens (tertiary/aromatic N) is 3. The van der Waals surface area contributed by atoms with Crippen molar-refractivity contribution in [2.45, 2.75) is 6.54 Å². The van der Waals surface area contributed by atoms with Gasteiger partial charge in [-0.05, 0) is 12.1 Å². The molecule has 0 bridgehead atoms. The first-order valence-electron chi connectivity index (χ1n) is 4.53. The molecule has 0 aromatic carbocycles. The summed E-state index contributed by atoms with van der Waals surface area (Å²) in [5.74, 6) is -0.908. The molecule has 2 rings (SSSR count). The van der Waals surface area contributed by atoms with Crippen LogP contribution in [-0.4, -0.2) is 25.4 Å². The van der Waals surface area contributed by atoms with E-state index in [1.807, 2.05) is 19.3 Å². The van der Waals surface area contributed by atoms with Crippen LogP contribution in [0.1, 0.15) is 16.1 Å². The van der Waals surface area contributed by atoms with Crippen LogP contribution in [0, 0.1) is 0 Å². The average Bonchev–Trinajstić information content (AvgIpc) is 2.76. The van der Waals surface area contributed by atoms with Gasteiger partial charge in [-0.1, -0.05) is 0 Å². The molecular formula is C10H11N3O2. The molecule has 5 nitrogen and oxygen atoms in total. The zero-order chi connectivity index (χ0) is 10.8. The van der Waals surface area contributed by atoms with E-state index in [9.17, 15) is 4.79 Å². The van der Waals surface area contributed by atoms with Crippen molar-refractivity contribution in [1.29, 1.82) is 0 Å². The largest absolute Gasteiger partial charge is 0.478 e. The molecule has 2 heterocycles. The van der Waals surface area contributed by atoms with E-state index in [1.165, 1.54) is 0 Å². The van der Waals surface area contributed by atoms with Gasteiger partial charge in [-0.15, -0.1) is 0 Å². The molecule has 78 valence electrons. The summed E-state index contributed by atoms with van der Waals surface area (Å²) in [6.45, 7) is 0.591. The van der Waals surface area contributed by atoms with Crippen molar-refractivity contribution in [2.75, 3.05) is 0 Å². The summed E-state index contributed by atoms with van der Waals surface area (Å²) in [7, 11) is 1.85. The monoisotopic (exact) mass is 205 g/mol. The van der Waals surface area contributed by atoms with Crippen LogP contribution in [-0.2, 0) is 13.6 Å². The lowest BCUT2D eigenvalue weighted by atomic mass is 10.3. The molecule has 2 aromatic heterocycles. The molecule has 0 saturated heterocycles. The van der Waals surface area contributed by atoms with Crippen LogP contribution in [0.25, 0.3) is 0 Å². The number of carbonyl (C=O) groups is 1. The summed E-state index contributed by atoms with van der Waals surface area (Å²) < 4.78 is 3.52. The quantitative estimate of drug-likeness (QED) is 0.812. The highest BCUT2D eigenvalue weighted by molar-refractivity contribution is 5.87. The molecule has 1 N–H and O–H groups in total. The summed E-state index contributed by atoms with van der Waals surface area (Å²) in [5.41, 5.74) is 1.20. The Balaban J connectivity index is 2.14. The molecule has 0 radical (unpaired) electrons. The summed E-state index contributed by atoms with van der Waals surface area (Å²) in [4.78, 5) is 10.6. The number of aromatic carboxylic acids is 1. The second-order valence-corrected chi connectivity index (χ2v) is 3.36. The first kappa shape index (κ1) is 9.51. The molecule has 15 heavy (non-hydrogen) atoms. The van der Waals surface area contributed by atoms with Crippen molar-refractivity contribution in [3.05, 3.63) is 42.0 Å². The predicted octanol–water partition coefficient (Wildman–Crippen LogP) is 0.968. The minimum absolute atomic E-state index is 0.297. The Morgan fingerprint density at radius 2 is 2.27 bits per heavy atom. The van der Waals surface area contributed by atoms with E-state index in [1.54, 1.807) is 27.7 Å². The number of aryl methyl sites for hydroxylation is 1. The van der Waals surface area contributed by atoms with Gasteiger partial charge in [0.2, 0.25) is 0 Å². The maximum atomic E-state index is 10.6. The van der Waals surface area contributed by atoms with Crippen molar-refractivity contribution < 1.29 is 9.90 Å². The second kappa shape index (κ2) is 3.61. The SMILES string of the molecule is Cn1ccc(Cn2ccc(C(=O)O)c2)n1. The fourth-order valence-corrected chi connectivity index (χ4v) is 1.40. The van der Waals surface area contributed by atoms with Crippen molar-refractivity contribution in [3.8, 4) is 0 Å². The average molecular weight is 205 g/mol. The molecule has 0 atom stereocenters. The van der Waals surface area contributed by atoms with Gasteiger partial charge >= 0.3 is 5.97 Å². The molecule has 0 unspecified atom stereocenters. The number of carboxylic acid groups (broad SMARTS) is 1. The van der Waals surface area contributed by atoms with Crippen molar-refractivity contribution in [2.24, 2.45) is 7.05 Å². The van der Waals surface area contributed by atoms with Crippen LogP contribution in [0.4, 0.5) is 0 Å². The lowest BCUT2D eigenvalue weighted by Gasteiger charge is -1.97. The van der Waals surface area contributed by atoms with Crippen LogP contribution < -0.4 is 0 Å². The Hall–Kier alpha value is -2.04. The molecule has 0 aliphatic carbocycles. The van der Waals surface area contributed by atoms with Crippen LogP contribution >= 0.6 is 0 Å². The smallest absolute Gasteiger partial charge is 0.337 e. The minimum Gasteiger partial charge on any atom is -0.478 e. The molecule has 0 fully saturated rings. The van der Waals surface area contributed by atoms with Crippen molar-refractivity contribution in [3.63, 3.8) is 0 Å². The van der Waals surface area contributed by atoms with Crippen molar-refractivity contribution in [1.82, 2.24) is 14.3 Å². The lowest BCUT2D eigenvalue weighted by Crippen LogP contribution is -1.99. The minimum atomic E-state index is -0.908. The first-order chi connectivity index (χ1) is 7.15. The van der Waals surface area contributed by atoms with E-state index < -0.39 is 5.97 Å². The molecule has 0 saturated carbocycles. The van der Waals surface area contributed by atoms with Crippen LogP contribution in [0.2, 0.25) is 0 Å². The Morgan fingerprint density at radius 1 is 1.47 bits per heavy atom. The van der Waals surface area contributed by atoms with Crippen molar-refractivity contribution >= 4 is 5.97 Å². The summed E-state index contributed by atoms with van der Waals surface area (Å²) >= 11 is 0. The molecule has 0 aliphatic heterocycles. The fraction of sp³-hybridized carbons (Fsp3) is 0.200. The highest BCUT2D eigenvalue weighted by Gasteiger charge is 2.05. The van der Waals surface area contributed by atoms with E-state index in [2.05, 4.69) is 5.10 Å². The van der Waals surface area contributed by atoms with E-state index in [0.29, 0.717) is 12.1 Å². The van der Waals surface area contributed by atoms with E-state index in [4.69, 9.17) is 5.11 Å². The van der Waals surface area contributed by atoms with Gasteiger partial charge in [-0.25, -0.2) is 4.79 Å². The number of carboxylic acids is 1. The Morgan fingerprint density at radius 3 is 2.80 bits per heavy atom. The summed E-state index contributed by atoms with van der Waals surface area (Å²) in [6.07, 6.45) is 5.19. The number of rotatable bonds is 3. The standard InChI is InChI=1S/C10H11N3O2/c1-12-4-3-9(11-12)7-13-5-2-8(6-13)10(14)15/h2-6H,7H2,1H3,(H,14,15). The Kier molecular flexibility index (Phi) is 2.29. The van der Waals surface area contributed by atoms with Crippen LogP contribution in [0.3, 0.4) is 0 Å². The van der Waals surface area contributed by atoms with E-state index in [0.717, 1.165) is 5.69 Å². The third-order valence-electron chi connectivity index (χ3n) is 2.11. The highest BCUT2D eigenvalue weighted by Crippen LogP contribution is 2.04. The van der Waals surface area contributed by atoms with Gasteiger partial charge in [-0.2, -0.15) is 5.10 Å². The van der Waals surface area contributed by atoms with Crippen LogP contribution in [0.5, 0.6) is 0 Å². The molecule has 2 aromatic rings. The Bertz CT molecular complexity index is 484. The Labute approximate surface area is 86.6 Å². The molecular weight excluding hydrogens is 194 g/mol. The third-order valence-corrected chi connectivity index (χ3v) is 2.11. The predicted molar refractivity (Wildman–Crippen MR) is 53.7 cm³/mol. The third kappa shape index (κ3) is 2.07. The molecule has 0 aliphatic rings. The maximum Gasteiger partial charge on any atom is 0.337 e. The van der Waals surface area contributed by atoms with Gasteiger partial charge in [-0.3, -0.25) is 4.68 Å². The van der Waals surface area contributed by atoms with Gasteiger partial charge in [0.05, 0.1) is 17.8 Å². The van der Waals surface area contributed by atoms with Gasteiger partial charge in [0.25, 0.3) is 0 Å². The molecule has 0 amide bonds. The maximum absolute atomic E-state index is 10.6. The van der Waals surface area contributed by atoms with Gasteiger partial charge < -0.3 is 9.67 Å². The normalized spacial score (nSPS) is 10.5. The van der Waals surface area contributed by atoms with E-state index >= 15 is 0 Å². The summed E-state index contributed by atoms with van der Waals surface area (Å²) in [5, 5.41) is 12.9. The lowest BCUT2D eigenvalue weighted by molar-refractivity contribution is 0.0697. The number of aromatic nitrogens is 3. The number of hydrogen-bond acceptors (Lipinski definition) is 2. The summed E-state index contributed by atoms with van der Waals surface area (Å²) in [6, 6.07) is 3.48.